The molecule has 0 fully saturated rings. The van der Waals surface area contributed by atoms with Gasteiger partial charge in [-0.25, -0.2) is 27.5 Å². The third-order valence-corrected chi connectivity index (χ3v) is 9.26. The Kier molecular flexibility index (Phi) is 11.9. The molecule has 0 saturated carbocycles. The Hall–Kier alpha value is -4.80. The molecule has 0 saturated heterocycles. The van der Waals surface area contributed by atoms with Gasteiger partial charge in [-0.05, 0) is 61.0 Å². The van der Waals surface area contributed by atoms with E-state index in [0.29, 0.717) is 10.8 Å². The van der Waals surface area contributed by atoms with Crippen LogP contribution in [0.2, 0.25) is 0 Å². The number of benzene rings is 4. The van der Waals surface area contributed by atoms with Crippen LogP contribution in [-0.2, 0) is 11.9 Å². The molecule has 0 aliphatic heterocycles. The lowest BCUT2D eigenvalue weighted by Crippen LogP contribution is -2.16. The van der Waals surface area contributed by atoms with Crippen molar-refractivity contribution in [3.63, 3.8) is 0 Å². The lowest BCUT2D eigenvalue weighted by atomic mass is 10.2. The molecule has 48 heavy (non-hydrogen) atoms. The fourth-order valence-electron chi connectivity index (χ4n) is 4.06. The Morgan fingerprint density at radius 3 is 1.98 bits per heavy atom. The molecule has 0 radical (unpaired) electrons. The van der Waals surface area contributed by atoms with E-state index in [1.54, 1.807) is 24.5 Å². The summed E-state index contributed by atoms with van der Waals surface area (Å²) in [6, 6.07) is 15.4. The highest BCUT2D eigenvalue weighted by Crippen LogP contribution is 2.29. The van der Waals surface area contributed by atoms with Gasteiger partial charge in [0, 0.05) is 6.07 Å². The molecular weight excluding hydrogens is 740 g/mol. The summed E-state index contributed by atoms with van der Waals surface area (Å²) in [4.78, 5) is 30.4. The molecule has 4 aromatic carbocycles. The van der Waals surface area contributed by atoms with E-state index >= 15 is 0 Å². The van der Waals surface area contributed by atoms with E-state index in [0.717, 1.165) is 50.3 Å². The number of phenols is 1. The smallest absolute Gasteiger partial charge is 0.254 e. The second-order valence-electron chi connectivity index (χ2n) is 9.66. The van der Waals surface area contributed by atoms with Gasteiger partial charge in [0.25, 0.3) is 11.8 Å². The normalized spacial score (nSPS) is 10.6. The van der Waals surface area contributed by atoms with Crippen LogP contribution >= 0.6 is 38.6 Å². The Morgan fingerprint density at radius 1 is 0.812 bits per heavy atom. The molecule has 0 spiro atoms. The fraction of sp³-hybridized carbons (Fsp3) is 0.125. The molecule has 250 valence electrons. The van der Waals surface area contributed by atoms with Crippen molar-refractivity contribution in [2.45, 2.75) is 18.9 Å². The molecule has 0 bridgehead atoms. The Bertz CT molecular complexity index is 2130. The minimum absolute atomic E-state index is 0.0254. The van der Waals surface area contributed by atoms with Crippen LogP contribution in [0.3, 0.4) is 0 Å². The molecule has 0 atom stereocenters. The van der Waals surface area contributed by atoms with Crippen molar-refractivity contribution >= 4 is 70.9 Å². The summed E-state index contributed by atoms with van der Waals surface area (Å²) in [5, 5.41) is 11.3. The van der Waals surface area contributed by atoms with Gasteiger partial charge < -0.3 is 26.0 Å². The maximum absolute atomic E-state index is 14.1. The van der Waals surface area contributed by atoms with Gasteiger partial charge in [0.2, 0.25) is 0 Å². The van der Waals surface area contributed by atoms with Gasteiger partial charge in [-0.1, -0.05) is 22.0 Å². The molecule has 6 aromatic rings. The monoisotopic (exact) mass is 764 g/mol. The molecule has 2 heterocycles. The summed E-state index contributed by atoms with van der Waals surface area (Å²) in [6.07, 6.45) is 0. The first-order valence-electron chi connectivity index (χ1n) is 13.6. The number of hydrogen-bond donors (Lipinski definition) is 3. The van der Waals surface area contributed by atoms with Crippen molar-refractivity contribution in [2.24, 2.45) is 11.5 Å². The van der Waals surface area contributed by atoms with Crippen molar-refractivity contribution in [1.29, 1.82) is 0 Å². The molecule has 16 heteroatoms. The zero-order valence-electron chi connectivity index (χ0n) is 25.0. The van der Waals surface area contributed by atoms with E-state index in [4.69, 9.17) is 20.3 Å². The lowest BCUT2D eigenvalue weighted by molar-refractivity contribution is 0.0982. The topological polar surface area (TPSA) is 151 Å². The predicted octanol–water partition coefficient (Wildman–Crippen LogP) is 7.53. The number of fused-ring (bicyclic) bond motifs is 2. The predicted molar refractivity (Wildman–Crippen MR) is 179 cm³/mol. The standard InChI is InChI=1S/C16H12F2N2O3S.C9H8BrNS.C7H5F2NO2/c1-22-8-2-5-12-10(6-8)20-13(24-12)7-23-11-4-3-9(17)14(15(11)18)16(19)21;1-6-2-3-8-7(4-6)11-9(5-10)12-8;8-3-1-2-4(11)6(9)5(3)7(10)12/h2-6H,7H2,1H3,(H2,19,21);2-4H,5H2,1H3;1-2,11H,(H2,10,12). The number of primary amides is 2. The second kappa shape index (κ2) is 15.9. The van der Waals surface area contributed by atoms with Crippen molar-refractivity contribution in [3.05, 3.63) is 111 Å². The summed E-state index contributed by atoms with van der Waals surface area (Å²) in [6.45, 7) is 2.06. The average Bonchev–Trinajstić information content (AvgIpc) is 3.65. The van der Waals surface area contributed by atoms with Crippen LogP contribution in [-0.4, -0.2) is 34.0 Å². The lowest BCUT2D eigenvalue weighted by Gasteiger charge is -2.08. The van der Waals surface area contributed by atoms with Gasteiger partial charge in [-0.3, -0.25) is 9.59 Å². The van der Waals surface area contributed by atoms with Gasteiger partial charge >= 0.3 is 0 Å². The van der Waals surface area contributed by atoms with E-state index in [9.17, 15) is 27.2 Å². The number of aromatic hydroxyl groups is 1. The van der Waals surface area contributed by atoms with Gasteiger partial charge in [0.05, 0.1) is 32.9 Å². The van der Waals surface area contributed by atoms with Gasteiger partial charge in [-0.15, -0.1) is 22.7 Å². The maximum Gasteiger partial charge on any atom is 0.254 e. The number of hydrogen-bond acceptors (Lipinski definition) is 9. The number of thiazole rings is 2. The number of nitrogens with two attached hydrogens (primary N) is 2. The minimum Gasteiger partial charge on any atom is -0.505 e. The van der Waals surface area contributed by atoms with Crippen LogP contribution in [0.15, 0.2) is 60.7 Å². The van der Waals surface area contributed by atoms with E-state index in [1.165, 1.54) is 21.6 Å². The summed E-state index contributed by atoms with van der Waals surface area (Å²) < 4.78 is 65.5. The van der Waals surface area contributed by atoms with Gasteiger partial charge in [-0.2, -0.15) is 0 Å². The Morgan fingerprint density at radius 2 is 1.38 bits per heavy atom. The molecule has 0 aliphatic carbocycles. The molecule has 0 aliphatic rings. The number of halogens is 5. The number of aryl methyl sites for hydroxylation is 1. The highest BCUT2D eigenvalue weighted by molar-refractivity contribution is 9.08. The molecule has 2 aromatic heterocycles. The van der Waals surface area contributed by atoms with E-state index < -0.39 is 52.0 Å². The number of rotatable bonds is 7. The van der Waals surface area contributed by atoms with Crippen molar-refractivity contribution in [1.82, 2.24) is 9.97 Å². The zero-order valence-corrected chi connectivity index (χ0v) is 28.2. The number of nitrogens with zero attached hydrogens (tertiary/aromatic N) is 2. The van der Waals surface area contributed by atoms with Crippen molar-refractivity contribution < 1.29 is 41.7 Å². The third kappa shape index (κ3) is 8.56. The van der Waals surface area contributed by atoms with Crippen LogP contribution in [0.25, 0.3) is 20.4 Å². The van der Waals surface area contributed by atoms with Crippen molar-refractivity contribution in [3.8, 4) is 17.2 Å². The SMILES string of the molecule is COc1ccc2sc(COc3ccc(F)c(C(N)=O)c3F)nc2c1.Cc1ccc2sc(CBr)nc2c1.NC(=O)c1c(F)ccc(O)c1F. The Balaban J connectivity index is 0.000000181. The summed E-state index contributed by atoms with van der Waals surface area (Å²) in [5.74, 6) is -7.39. The molecule has 0 unspecified atom stereocenters. The quantitative estimate of drug-likeness (QED) is 0.112. The molecular formula is C32H25BrF4N4O5S2. The number of methoxy groups -OCH3 is 1. The first kappa shape index (κ1) is 36.0. The zero-order chi connectivity index (χ0) is 35.1. The largest absolute Gasteiger partial charge is 0.505 e. The summed E-state index contributed by atoms with van der Waals surface area (Å²) >= 11 is 6.53. The first-order chi connectivity index (χ1) is 22.8. The first-order valence-corrected chi connectivity index (χ1v) is 16.3. The van der Waals surface area contributed by atoms with Crippen LogP contribution in [0, 0.1) is 30.2 Å². The number of carbonyl (C=O) groups is 2. The Labute approximate surface area is 286 Å². The number of carbonyl (C=O) groups excluding carboxylic acids is 2. The number of phenolic OH excluding ortho intramolecular Hbond substituents is 1. The number of aromatic nitrogens is 2. The van der Waals surface area contributed by atoms with E-state index in [-0.39, 0.29) is 12.4 Å². The van der Waals surface area contributed by atoms with Gasteiger partial charge in [0.15, 0.2) is 23.1 Å². The summed E-state index contributed by atoms with van der Waals surface area (Å²) in [7, 11) is 1.56. The maximum atomic E-state index is 14.1. The van der Waals surface area contributed by atoms with Crippen molar-refractivity contribution in [2.75, 3.05) is 7.11 Å². The van der Waals surface area contributed by atoms with Crippen LogP contribution in [0.1, 0.15) is 36.3 Å². The molecule has 9 nitrogen and oxygen atoms in total. The third-order valence-electron chi connectivity index (χ3n) is 6.31. The number of alkyl halides is 1. The highest BCUT2D eigenvalue weighted by Gasteiger charge is 2.20. The number of amides is 2. The van der Waals surface area contributed by atoms with E-state index in [1.807, 2.05) is 12.1 Å². The van der Waals surface area contributed by atoms with Crippen LogP contribution in [0.5, 0.6) is 17.2 Å². The van der Waals surface area contributed by atoms with Crippen LogP contribution in [0.4, 0.5) is 17.6 Å². The number of ether oxygens (including phenoxy) is 2. The molecule has 5 N–H and O–H groups in total. The molecule has 2 amide bonds. The van der Waals surface area contributed by atoms with Gasteiger partial charge in [0.1, 0.15) is 45.1 Å². The fourth-order valence-corrected chi connectivity index (χ4v) is 6.19. The average molecular weight is 766 g/mol. The highest BCUT2D eigenvalue weighted by atomic mass is 79.9. The van der Waals surface area contributed by atoms with Crippen LogP contribution < -0.4 is 20.9 Å². The summed E-state index contributed by atoms with van der Waals surface area (Å²) in [5.41, 5.74) is 11.0. The van der Waals surface area contributed by atoms with E-state index in [2.05, 4.69) is 56.8 Å². The second-order valence-corrected chi connectivity index (χ2v) is 12.5. The minimum atomic E-state index is -1.33. The molecule has 6 rings (SSSR count).